The van der Waals surface area contributed by atoms with Gasteiger partial charge in [-0.05, 0) is 30.2 Å². The summed E-state index contributed by atoms with van der Waals surface area (Å²) >= 11 is 5.94. The van der Waals surface area contributed by atoms with Crippen LogP contribution in [0.15, 0.2) is 36.5 Å². The number of benzene rings is 1. The normalized spacial score (nSPS) is 13.1. The Balaban J connectivity index is 1.90. The van der Waals surface area contributed by atoms with Gasteiger partial charge in [0.2, 0.25) is 5.91 Å². The second-order valence-corrected chi connectivity index (χ2v) is 7.00. The van der Waals surface area contributed by atoms with Crippen molar-refractivity contribution < 1.29 is 14.7 Å². The molecule has 2 N–H and O–H groups in total. The number of carbonyl (C=O) groups is 2. The molecule has 1 aromatic carbocycles. The number of amides is 2. The lowest BCUT2D eigenvalue weighted by Gasteiger charge is -2.30. The van der Waals surface area contributed by atoms with Crippen molar-refractivity contribution in [1.29, 1.82) is 0 Å². The highest BCUT2D eigenvalue weighted by Crippen LogP contribution is 2.30. The Morgan fingerprint density at radius 1 is 1.32 bits per heavy atom. The van der Waals surface area contributed by atoms with E-state index in [0.29, 0.717) is 35.2 Å². The predicted octanol–water partition coefficient (Wildman–Crippen LogP) is 2.54. The van der Waals surface area contributed by atoms with Crippen LogP contribution in [0.1, 0.15) is 29.3 Å². The highest BCUT2D eigenvalue weighted by atomic mass is 35.5. The van der Waals surface area contributed by atoms with Gasteiger partial charge in [0, 0.05) is 24.3 Å². The number of fused-ring (bicyclic) bond motifs is 1. The summed E-state index contributed by atoms with van der Waals surface area (Å²) < 4.78 is 0. The van der Waals surface area contributed by atoms with Gasteiger partial charge in [-0.15, -0.1) is 0 Å². The molecule has 0 unspecified atom stereocenters. The lowest BCUT2D eigenvalue weighted by Crippen LogP contribution is -2.40. The standard InChI is InChI=1S/C20H23ClN4O3/c1-2-7-24(8-9-26)20(28)15-10-17-19(22-11-15)23-12-18(27)25(17)13-14-3-5-16(21)6-4-14/h3-6,10-11,26H,2,7-9,12-13H2,1H3,(H,22,23). The molecule has 2 aromatic rings. The first-order valence-corrected chi connectivity index (χ1v) is 9.60. The molecule has 1 aliphatic heterocycles. The molecular formula is C20H23ClN4O3. The first-order chi connectivity index (χ1) is 13.5. The van der Waals surface area contributed by atoms with Gasteiger partial charge < -0.3 is 20.2 Å². The third-order valence-corrected chi connectivity index (χ3v) is 4.77. The first-order valence-electron chi connectivity index (χ1n) is 9.22. The summed E-state index contributed by atoms with van der Waals surface area (Å²) in [5, 5.41) is 12.9. The summed E-state index contributed by atoms with van der Waals surface area (Å²) in [5.41, 5.74) is 1.88. The van der Waals surface area contributed by atoms with Crippen LogP contribution in [0.3, 0.4) is 0 Å². The van der Waals surface area contributed by atoms with Gasteiger partial charge in [0.25, 0.3) is 5.91 Å². The quantitative estimate of drug-likeness (QED) is 0.743. The molecule has 0 atom stereocenters. The average molecular weight is 403 g/mol. The number of aliphatic hydroxyl groups excluding tert-OH is 1. The van der Waals surface area contributed by atoms with E-state index >= 15 is 0 Å². The minimum Gasteiger partial charge on any atom is -0.395 e. The molecule has 2 heterocycles. The first kappa shape index (κ1) is 20.1. The molecule has 0 saturated heterocycles. The molecule has 0 bridgehead atoms. The molecule has 0 aliphatic carbocycles. The molecule has 0 saturated carbocycles. The summed E-state index contributed by atoms with van der Waals surface area (Å²) in [4.78, 5) is 32.9. The van der Waals surface area contributed by atoms with E-state index < -0.39 is 0 Å². The number of hydrogen-bond donors (Lipinski definition) is 2. The van der Waals surface area contributed by atoms with Gasteiger partial charge in [-0.2, -0.15) is 0 Å². The highest BCUT2D eigenvalue weighted by molar-refractivity contribution is 6.30. The molecule has 28 heavy (non-hydrogen) atoms. The van der Waals surface area contributed by atoms with Crippen molar-refractivity contribution in [2.24, 2.45) is 0 Å². The Morgan fingerprint density at radius 3 is 2.75 bits per heavy atom. The fraction of sp³-hybridized carbons (Fsp3) is 0.350. The zero-order valence-corrected chi connectivity index (χ0v) is 16.4. The van der Waals surface area contributed by atoms with Crippen molar-refractivity contribution in [3.63, 3.8) is 0 Å². The van der Waals surface area contributed by atoms with Crippen LogP contribution in [0.4, 0.5) is 11.5 Å². The number of hydrogen-bond acceptors (Lipinski definition) is 5. The van der Waals surface area contributed by atoms with Gasteiger partial charge in [-0.3, -0.25) is 9.59 Å². The van der Waals surface area contributed by atoms with E-state index in [2.05, 4.69) is 10.3 Å². The lowest BCUT2D eigenvalue weighted by molar-refractivity contribution is -0.117. The van der Waals surface area contributed by atoms with E-state index in [1.807, 2.05) is 19.1 Å². The van der Waals surface area contributed by atoms with Gasteiger partial charge in [0.15, 0.2) is 5.82 Å². The zero-order valence-electron chi connectivity index (χ0n) is 15.7. The number of rotatable bonds is 7. The van der Waals surface area contributed by atoms with Gasteiger partial charge in [0.1, 0.15) is 0 Å². The van der Waals surface area contributed by atoms with E-state index in [0.717, 1.165) is 12.0 Å². The van der Waals surface area contributed by atoms with Crippen molar-refractivity contribution in [3.8, 4) is 0 Å². The molecule has 8 heteroatoms. The SMILES string of the molecule is CCCN(CCO)C(=O)c1cnc2c(c1)N(Cc1ccc(Cl)cc1)C(=O)CN2. The number of nitrogens with one attached hydrogen (secondary N) is 1. The van der Waals surface area contributed by atoms with Crippen LogP contribution in [0.2, 0.25) is 5.02 Å². The Labute approximate surface area is 168 Å². The number of aromatic nitrogens is 1. The van der Waals surface area contributed by atoms with Crippen molar-refractivity contribution in [2.75, 3.05) is 36.5 Å². The van der Waals surface area contributed by atoms with Crippen LogP contribution < -0.4 is 10.2 Å². The van der Waals surface area contributed by atoms with E-state index in [9.17, 15) is 14.7 Å². The minimum absolute atomic E-state index is 0.102. The molecule has 0 fully saturated rings. The van der Waals surface area contributed by atoms with Crippen molar-refractivity contribution in [1.82, 2.24) is 9.88 Å². The average Bonchev–Trinajstić information content (AvgIpc) is 2.70. The van der Waals surface area contributed by atoms with Crippen LogP contribution in [0.25, 0.3) is 0 Å². The maximum absolute atomic E-state index is 12.8. The highest BCUT2D eigenvalue weighted by Gasteiger charge is 2.27. The van der Waals surface area contributed by atoms with Crippen LogP contribution in [0, 0.1) is 0 Å². The summed E-state index contributed by atoms with van der Waals surface area (Å²) in [6, 6.07) is 8.97. The monoisotopic (exact) mass is 402 g/mol. The molecule has 148 valence electrons. The van der Waals surface area contributed by atoms with Crippen LogP contribution in [-0.4, -0.2) is 53.0 Å². The number of aliphatic hydroxyl groups is 1. The third kappa shape index (κ3) is 4.43. The summed E-state index contributed by atoms with van der Waals surface area (Å²) in [6.07, 6.45) is 2.29. The molecular weight excluding hydrogens is 380 g/mol. The van der Waals surface area contributed by atoms with Crippen LogP contribution in [-0.2, 0) is 11.3 Å². The Hall–Kier alpha value is -2.64. The summed E-state index contributed by atoms with van der Waals surface area (Å²) in [6.45, 7) is 3.18. The molecule has 7 nitrogen and oxygen atoms in total. The molecule has 0 spiro atoms. The molecule has 0 radical (unpaired) electrons. The Morgan fingerprint density at radius 2 is 2.07 bits per heavy atom. The topological polar surface area (TPSA) is 85.8 Å². The largest absolute Gasteiger partial charge is 0.395 e. The van der Waals surface area contributed by atoms with E-state index in [4.69, 9.17) is 11.6 Å². The fourth-order valence-electron chi connectivity index (χ4n) is 3.14. The van der Waals surface area contributed by atoms with E-state index in [1.54, 1.807) is 28.0 Å². The number of anilines is 2. The number of carbonyl (C=O) groups excluding carboxylic acids is 2. The Kier molecular flexibility index (Phi) is 6.49. The van der Waals surface area contributed by atoms with E-state index in [1.165, 1.54) is 6.20 Å². The van der Waals surface area contributed by atoms with Crippen molar-refractivity contribution in [3.05, 3.63) is 52.7 Å². The zero-order chi connectivity index (χ0) is 20.1. The number of pyridine rings is 1. The second-order valence-electron chi connectivity index (χ2n) is 6.57. The minimum atomic E-state index is -0.212. The number of halogens is 1. The molecule has 2 amide bonds. The van der Waals surface area contributed by atoms with Crippen molar-refractivity contribution in [2.45, 2.75) is 19.9 Å². The maximum Gasteiger partial charge on any atom is 0.255 e. The lowest BCUT2D eigenvalue weighted by atomic mass is 10.1. The molecule has 3 rings (SSSR count). The van der Waals surface area contributed by atoms with Crippen LogP contribution >= 0.6 is 11.6 Å². The van der Waals surface area contributed by atoms with Gasteiger partial charge >= 0.3 is 0 Å². The second kappa shape index (κ2) is 9.03. The maximum atomic E-state index is 12.8. The van der Waals surface area contributed by atoms with E-state index in [-0.39, 0.29) is 31.5 Å². The fourth-order valence-corrected chi connectivity index (χ4v) is 3.26. The van der Waals surface area contributed by atoms with Gasteiger partial charge in [-0.25, -0.2) is 4.98 Å². The summed E-state index contributed by atoms with van der Waals surface area (Å²) in [7, 11) is 0. The Bertz CT molecular complexity index is 851. The van der Waals surface area contributed by atoms with Crippen molar-refractivity contribution >= 4 is 34.9 Å². The van der Waals surface area contributed by atoms with Gasteiger partial charge in [-0.1, -0.05) is 30.7 Å². The smallest absolute Gasteiger partial charge is 0.255 e. The van der Waals surface area contributed by atoms with Gasteiger partial charge in [0.05, 0.1) is 30.9 Å². The molecule has 1 aromatic heterocycles. The number of nitrogens with zero attached hydrogens (tertiary/aromatic N) is 3. The van der Waals surface area contributed by atoms with Crippen LogP contribution in [0.5, 0.6) is 0 Å². The summed E-state index contributed by atoms with van der Waals surface area (Å²) in [5.74, 6) is 0.250. The third-order valence-electron chi connectivity index (χ3n) is 4.52. The molecule has 1 aliphatic rings. The predicted molar refractivity (Wildman–Crippen MR) is 109 cm³/mol.